The molecule has 1 aliphatic rings. The predicted octanol–water partition coefficient (Wildman–Crippen LogP) is 6.76. The number of allylic oxidation sites excluding steroid dienone is 1. The van der Waals surface area contributed by atoms with Crippen LogP contribution in [0.1, 0.15) is 45.7 Å². The highest BCUT2D eigenvalue weighted by Crippen LogP contribution is 2.42. The maximum Gasteiger partial charge on any atom is 0.337 e. The number of carboxylic acids is 1. The number of carbonyl (C=O) groups excluding carboxylic acids is 1. The molecule has 0 saturated heterocycles. The summed E-state index contributed by atoms with van der Waals surface area (Å²) in [5.41, 5.74) is 8.27. The van der Waals surface area contributed by atoms with E-state index < -0.39 is 5.97 Å². The van der Waals surface area contributed by atoms with Gasteiger partial charge >= 0.3 is 5.97 Å². The van der Waals surface area contributed by atoms with Gasteiger partial charge in [0.1, 0.15) is 5.75 Å². The Bertz CT molecular complexity index is 1920. The van der Waals surface area contributed by atoms with E-state index in [2.05, 4.69) is 52.7 Å². The van der Waals surface area contributed by atoms with Gasteiger partial charge in [-0.15, -0.1) is 0 Å². The SMILES string of the molecule is Cc1nn(C)c(C)c1-c1cccc2c1CC(C(=O)Nc1cncc(C(=O)O)c1)=C2CCCOc1cccc2ccccc12. The zero-order valence-corrected chi connectivity index (χ0v) is 24.3. The summed E-state index contributed by atoms with van der Waals surface area (Å²) in [5.74, 6) is -0.529. The first kappa shape index (κ1) is 27.9. The minimum atomic E-state index is -1.10. The van der Waals surface area contributed by atoms with Crippen LogP contribution in [0.5, 0.6) is 5.75 Å². The van der Waals surface area contributed by atoms with Crippen LogP contribution < -0.4 is 10.1 Å². The number of hydrogen-bond acceptors (Lipinski definition) is 5. The van der Waals surface area contributed by atoms with Crippen molar-refractivity contribution in [3.05, 3.63) is 113 Å². The molecule has 5 aromatic rings. The number of nitrogens with zero attached hydrogens (tertiary/aromatic N) is 3. The fourth-order valence-electron chi connectivity index (χ4n) is 5.99. The zero-order chi connectivity index (χ0) is 30.1. The van der Waals surface area contributed by atoms with E-state index >= 15 is 0 Å². The zero-order valence-electron chi connectivity index (χ0n) is 24.3. The number of aromatic nitrogens is 3. The lowest BCUT2D eigenvalue weighted by Crippen LogP contribution is -2.16. The number of benzene rings is 3. The van der Waals surface area contributed by atoms with Gasteiger partial charge in [0.2, 0.25) is 0 Å². The summed E-state index contributed by atoms with van der Waals surface area (Å²) >= 11 is 0. The van der Waals surface area contributed by atoms with Crippen molar-refractivity contribution in [2.75, 3.05) is 11.9 Å². The van der Waals surface area contributed by atoms with Gasteiger partial charge in [0.15, 0.2) is 0 Å². The number of amides is 1. The average molecular weight is 573 g/mol. The molecule has 6 rings (SSSR count). The first-order chi connectivity index (χ1) is 20.8. The van der Waals surface area contributed by atoms with Crippen molar-refractivity contribution in [1.29, 1.82) is 0 Å². The first-order valence-electron chi connectivity index (χ1n) is 14.3. The molecule has 1 aliphatic carbocycles. The molecule has 0 saturated carbocycles. The number of nitrogens with one attached hydrogen (secondary N) is 1. The van der Waals surface area contributed by atoms with Crippen molar-refractivity contribution < 1.29 is 19.4 Å². The van der Waals surface area contributed by atoms with E-state index in [0.717, 1.165) is 55.7 Å². The number of carboxylic acid groups (broad SMARTS) is 1. The minimum Gasteiger partial charge on any atom is -0.493 e. The minimum absolute atomic E-state index is 0.0112. The van der Waals surface area contributed by atoms with Gasteiger partial charge in [0.25, 0.3) is 5.91 Å². The molecule has 43 heavy (non-hydrogen) atoms. The van der Waals surface area contributed by atoms with Crippen molar-refractivity contribution in [2.45, 2.75) is 33.1 Å². The molecule has 0 fully saturated rings. The standard InChI is InChI=1S/C35H32N4O4/c1-21-33(22(2)39(3)38-21)29-13-7-12-27-28(14-8-16-43-32-15-6-10-23-9-4-5-11-26(23)32)31(18-30(27)29)34(40)37-25-17-24(35(41)42)19-36-20-25/h4-7,9-13,15,17,19-20H,8,14,16,18H2,1-3H3,(H,37,40)(H,41,42). The van der Waals surface area contributed by atoms with E-state index in [0.29, 0.717) is 37.1 Å². The third kappa shape index (κ3) is 5.39. The maximum absolute atomic E-state index is 13.8. The van der Waals surface area contributed by atoms with Gasteiger partial charge in [-0.1, -0.05) is 54.6 Å². The number of fused-ring (bicyclic) bond motifs is 2. The van der Waals surface area contributed by atoms with Gasteiger partial charge in [0, 0.05) is 41.9 Å². The Labute approximate surface area is 249 Å². The molecule has 0 bridgehead atoms. The van der Waals surface area contributed by atoms with Crippen LogP contribution >= 0.6 is 0 Å². The number of aryl methyl sites for hydroxylation is 2. The van der Waals surface area contributed by atoms with Crippen molar-refractivity contribution in [1.82, 2.24) is 14.8 Å². The van der Waals surface area contributed by atoms with Crippen molar-refractivity contribution in [2.24, 2.45) is 7.05 Å². The highest BCUT2D eigenvalue weighted by atomic mass is 16.5. The number of anilines is 1. The molecule has 3 aromatic carbocycles. The summed E-state index contributed by atoms with van der Waals surface area (Å²) in [6.45, 7) is 4.55. The fourth-order valence-corrected chi connectivity index (χ4v) is 5.99. The van der Waals surface area contributed by atoms with Crippen molar-refractivity contribution in [3.63, 3.8) is 0 Å². The third-order valence-electron chi connectivity index (χ3n) is 8.09. The second-order valence-electron chi connectivity index (χ2n) is 10.8. The van der Waals surface area contributed by atoms with E-state index in [-0.39, 0.29) is 11.5 Å². The molecule has 8 nitrogen and oxygen atoms in total. The molecule has 8 heteroatoms. The number of ether oxygens (including phenoxy) is 1. The van der Waals surface area contributed by atoms with Crippen LogP contribution in [-0.2, 0) is 18.3 Å². The van der Waals surface area contributed by atoms with Gasteiger partial charge in [0.05, 0.1) is 29.7 Å². The summed E-state index contributed by atoms with van der Waals surface area (Å²) in [6.07, 6.45) is 4.52. The van der Waals surface area contributed by atoms with Crippen LogP contribution in [0, 0.1) is 13.8 Å². The van der Waals surface area contributed by atoms with Gasteiger partial charge in [-0.2, -0.15) is 5.10 Å². The van der Waals surface area contributed by atoms with E-state index in [1.807, 2.05) is 49.0 Å². The molecule has 1 amide bonds. The summed E-state index contributed by atoms with van der Waals surface area (Å²) in [5, 5.41) is 19.1. The fraction of sp³-hybridized carbons (Fsp3) is 0.200. The average Bonchev–Trinajstić information content (AvgIpc) is 3.50. The van der Waals surface area contributed by atoms with E-state index in [1.165, 1.54) is 18.5 Å². The number of hydrogen-bond donors (Lipinski definition) is 2. The molecule has 2 N–H and O–H groups in total. The quantitative estimate of drug-likeness (QED) is 0.189. The Hall–Kier alpha value is -5.24. The molecule has 2 heterocycles. The molecular weight excluding hydrogens is 540 g/mol. The lowest BCUT2D eigenvalue weighted by molar-refractivity contribution is -0.112. The second-order valence-corrected chi connectivity index (χ2v) is 10.8. The monoisotopic (exact) mass is 572 g/mol. The lowest BCUT2D eigenvalue weighted by atomic mass is 9.93. The Kier molecular flexibility index (Phi) is 7.50. The normalized spacial score (nSPS) is 12.4. The second kappa shape index (κ2) is 11.6. The molecular formula is C35H32N4O4. The van der Waals surface area contributed by atoms with Gasteiger partial charge in [-0.05, 0) is 66.5 Å². The van der Waals surface area contributed by atoms with Gasteiger partial charge < -0.3 is 15.2 Å². The third-order valence-corrected chi connectivity index (χ3v) is 8.09. The van der Waals surface area contributed by atoms with Gasteiger partial charge in [-0.25, -0.2) is 4.79 Å². The number of aromatic carboxylic acids is 1. The Morgan fingerprint density at radius 3 is 2.56 bits per heavy atom. The van der Waals surface area contributed by atoms with Crippen molar-refractivity contribution >= 4 is 33.9 Å². The van der Waals surface area contributed by atoms with E-state index in [9.17, 15) is 14.7 Å². The van der Waals surface area contributed by atoms with Crippen LogP contribution in [0.15, 0.2) is 84.7 Å². The molecule has 2 aromatic heterocycles. The number of pyridine rings is 1. The smallest absolute Gasteiger partial charge is 0.337 e. The molecule has 0 spiro atoms. The lowest BCUT2D eigenvalue weighted by Gasteiger charge is -2.13. The molecule has 0 aliphatic heterocycles. The van der Waals surface area contributed by atoms with Crippen LogP contribution in [0.3, 0.4) is 0 Å². The van der Waals surface area contributed by atoms with Crippen LogP contribution in [-0.4, -0.2) is 38.4 Å². The van der Waals surface area contributed by atoms with Crippen LogP contribution in [0.25, 0.3) is 27.5 Å². The number of rotatable bonds is 9. The largest absolute Gasteiger partial charge is 0.493 e. The molecule has 0 unspecified atom stereocenters. The van der Waals surface area contributed by atoms with Crippen LogP contribution in [0.2, 0.25) is 0 Å². The summed E-state index contributed by atoms with van der Waals surface area (Å²) in [4.78, 5) is 29.2. The Morgan fingerprint density at radius 2 is 1.77 bits per heavy atom. The highest BCUT2D eigenvalue weighted by molar-refractivity contribution is 6.11. The molecule has 0 radical (unpaired) electrons. The topological polar surface area (TPSA) is 106 Å². The summed E-state index contributed by atoms with van der Waals surface area (Å²) < 4.78 is 8.11. The molecule has 216 valence electrons. The Balaban J connectivity index is 1.30. The predicted molar refractivity (Wildman–Crippen MR) is 167 cm³/mol. The summed E-state index contributed by atoms with van der Waals surface area (Å²) in [7, 11) is 1.94. The van der Waals surface area contributed by atoms with Gasteiger partial charge in [-0.3, -0.25) is 14.5 Å². The Morgan fingerprint density at radius 1 is 1.00 bits per heavy atom. The highest BCUT2D eigenvalue weighted by Gasteiger charge is 2.29. The van der Waals surface area contributed by atoms with E-state index in [4.69, 9.17) is 4.74 Å². The van der Waals surface area contributed by atoms with Crippen molar-refractivity contribution in [3.8, 4) is 16.9 Å². The van der Waals surface area contributed by atoms with Crippen LogP contribution in [0.4, 0.5) is 5.69 Å². The number of carbonyl (C=O) groups is 2. The maximum atomic E-state index is 13.8. The first-order valence-corrected chi connectivity index (χ1v) is 14.3. The molecule has 0 atom stereocenters. The van der Waals surface area contributed by atoms with E-state index in [1.54, 1.807) is 0 Å². The summed E-state index contributed by atoms with van der Waals surface area (Å²) in [6, 6.07) is 21.8.